The third-order valence-corrected chi connectivity index (χ3v) is 4.56. The predicted molar refractivity (Wildman–Crippen MR) is 81.1 cm³/mol. The van der Waals surface area contributed by atoms with Crippen LogP contribution in [0.25, 0.3) is 0 Å². The van der Waals surface area contributed by atoms with Gasteiger partial charge >= 0.3 is 0 Å². The van der Waals surface area contributed by atoms with Crippen molar-refractivity contribution >= 4 is 0 Å². The Labute approximate surface area is 115 Å². The summed E-state index contributed by atoms with van der Waals surface area (Å²) in [6.07, 6.45) is 3.99. The van der Waals surface area contributed by atoms with Gasteiger partial charge in [0.1, 0.15) is 0 Å². The summed E-state index contributed by atoms with van der Waals surface area (Å²) >= 11 is 0. The van der Waals surface area contributed by atoms with E-state index >= 15 is 0 Å². The van der Waals surface area contributed by atoms with Crippen LogP contribution in [0.2, 0.25) is 0 Å². The fourth-order valence-corrected chi connectivity index (χ4v) is 3.04. The second kappa shape index (κ2) is 6.91. The Hall–Kier alpha value is -0.0800. The number of rotatable bonds is 6. The summed E-state index contributed by atoms with van der Waals surface area (Å²) < 4.78 is 0. The quantitative estimate of drug-likeness (QED) is 0.714. The summed E-state index contributed by atoms with van der Waals surface area (Å²) in [5, 5.41) is 0. The van der Waals surface area contributed by atoms with E-state index in [0.717, 1.165) is 0 Å². The van der Waals surface area contributed by atoms with E-state index in [-0.39, 0.29) is 0 Å². The summed E-state index contributed by atoms with van der Waals surface area (Å²) in [5.41, 5.74) is 0.533. The van der Waals surface area contributed by atoms with E-state index in [9.17, 15) is 0 Å². The molecule has 0 aromatic carbocycles. The normalized spacial score (nSPS) is 21.2. The van der Waals surface area contributed by atoms with Crippen LogP contribution in [0.5, 0.6) is 0 Å². The van der Waals surface area contributed by atoms with Gasteiger partial charge in [-0.25, -0.2) is 0 Å². The molecule has 0 aromatic heterocycles. The third kappa shape index (κ3) is 4.55. The molecule has 0 saturated carbocycles. The first-order valence-corrected chi connectivity index (χ1v) is 7.86. The lowest BCUT2D eigenvalue weighted by Gasteiger charge is -2.44. The van der Waals surface area contributed by atoms with Crippen molar-refractivity contribution in [3.8, 4) is 0 Å². The minimum atomic E-state index is 0.533. The van der Waals surface area contributed by atoms with Gasteiger partial charge in [-0.05, 0) is 72.0 Å². The van der Waals surface area contributed by atoms with Crippen LogP contribution in [0.4, 0.5) is 0 Å². The molecule has 0 amide bonds. The molecule has 1 saturated heterocycles. The van der Waals surface area contributed by atoms with Crippen molar-refractivity contribution in [3.63, 3.8) is 0 Å². The maximum absolute atomic E-state index is 2.67. The topological polar surface area (TPSA) is 6.48 Å². The fraction of sp³-hybridized carbons (Fsp3) is 1.00. The first kappa shape index (κ1) is 16.0. The van der Waals surface area contributed by atoms with Gasteiger partial charge < -0.3 is 9.80 Å². The maximum Gasteiger partial charge on any atom is 0.00390 e. The molecule has 2 nitrogen and oxygen atoms in total. The molecule has 1 rings (SSSR count). The molecule has 0 aliphatic carbocycles. The minimum absolute atomic E-state index is 0.533. The van der Waals surface area contributed by atoms with Crippen molar-refractivity contribution in [2.75, 3.05) is 26.2 Å². The summed E-state index contributed by atoms with van der Waals surface area (Å²) in [7, 11) is 0. The standard InChI is InChI=1S/C16H34N2/c1-7-10-18(15(4)5)13-16(6)8-11-17(12-9-16)14(2)3/h14-15H,7-13H2,1-6H3. The SMILES string of the molecule is CCCN(CC1(C)CCN(C(C)C)CC1)C(C)C. The Morgan fingerprint density at radius 1 is 1.11 bits per heavy atom. The number of hydrogen-bond donors (Lipinski definition) is 0. The summed E-state index contributed by atoms with van der Waals surface area (Å²) in [6, 6.07) is 1.40. The summed E-state index contributed by atoms with van der Waals surface area (Å²) in [6.45, 7) is 19.2. The van der Waals surface area contributed by atoms with Crippen LogP contribution in [0.15, 0.2) is 0 Å². The van der Waals surface area contributed by atoms with Gasteiger partial charge in [-0.3, -0.25) is 0 Å². The van der Waals surface area contributed by atoms with Crippen LogP contribution in [0.3, 0.4) is 0 Å². The van der Waals surface area contributed by atoms with Crippen LogP contribution in [-0.2, 0) is 0 Å². The maximum atomic E-state index is 2.67. The monoisotopic (exact) mass is 254 g/mol. The predicted octanol–water partition coefficient (Wildman–Crippen LogP) is 3.62. The van der Waals surface area contributed by atoms with Crippen LogP contribution >= 0.6 is 0 Å². The highest BCUT2D eigenvalue weighted by atomic mass is 15.2. The van der Waals surface area contributed by atoms with Crippen molar-refractivity contribution in [1.82, 2.24) is 9.80 Å². The zero-order chi connectivity index (χ0) is 13.8. The summed E-state index contributed by atoms with van der Waals surface area (Å²) in [4.78, 5) is 5.30. The van der Waals surface area contributed by atoms with Crippen molar-refractivity contribution in [3.05, 3.63) is 0 Å². The van der Waals surface area contributed by atoms with E-state index in [2.05, 4.69) is 51.3 Å². The van der Waals surface area contributed by atoms with Gasteiger partial charge in [0.15, 0.2) is 0 Å². The molecular weight excluding hydrogens is 220 g/mol. The molecule has 0 N–H and O–H groups in total. The van der Waals surface area contributed by atoms with E-state index < -0.39 is 0 Å². The molecule has 0 bridgehead atoms. The molecule has 1 aliphatic heterocycles. The van der Waals surface area contributed by atoms with Gasteiger partial charge in [-0.2, -0.15) is 0 Å². The second-order valence-electron chi connectivity index (χ2n) is 7.00. The molecule has 0 aromatic rings. The smallest absolute Gasteiger partial charge is 0.00390 e. The molecule has 1 aliphatic rings. The third-order valence-electron chi connectivity index (χ3n) is 4.56. The molecule has 1 fully saturated rings. The first-order chi connectivity index (χ1) is 8.38. The average Bonchev–Trinajstić information content (AvgIpc) is 2.28. The van der Waals surface area contributed by atoms with Crippen LogP contribution in [0.1, 0.15) is 60.8 Å². The highest BCUT2D eigenvalue weighted by Gasteiger charge is 2.32. The average molecular weight is 254 g/mol. The molecule has 0 unspecified atom stereocenters. The lowest BCUT2D eigenvalue weighted by molar-refractivity contribution is 0.0509. The van der Waals surface area contributed by atoms with Crippen molar-refractivity contribution in [2.24, 2.45) is 5.41 Å². The van der Waals surface area contributed by atoms with Crippen LogP contribution in [-0.4, -0.2) is 48.1 Å². The van der Waals surface area contributed by atoms with E-state index in [0.29, 0.717) is 17.5 Å². The minimum Gasteiger partial charge on any atom is -0.301 e. The van der Waals surface area contributed by atoms with Crippen molar-refractivity contribution < 1.29 is 0 Å². The Balaban J connectivity index is 2.50. The van der Waals surface area contributed by atoms with E-state index in [1.807, 2.05) is 0 Å². The Kier molecular flexibility index (Phi) is 6.13. The van der Waals surface area contributed by atoms with Gasteiger partial charge in [-0.15, -0.1) is 0 Å². The van der Waals surface area contributed by atoms with E-state index in [4.69, 9.17) is 0 Å². The lowest BCUT2D eigenvalue weighted by Crippen LogP contribution is -2.48. The summed E-state index contributed by atoms with van der Waals surface area (Å²) in [5.74, 6) is 0. The highest BCUT2D eigenvalue weighted by Crippen LogP contribution is 2.33. The Morgan fingerprint density at radius 3 is 2.06 bits per heavy atom. The Morgan fingerprint density at radius 2 is 1.67 bits per heavy atom. The molecule has 2 heteroatoms. The molecule has 1 heterocycles. The molecular formula is C16H34N2. The molecule has 18 heavy (non-hydrogen) atoms. The van der Waals surface area contributed by atoms with Crippen molar-refractivity contribution in [2.45, 2.75) is 72.9 Å². The van der Waals surface area contributed by atoms with Crippen LogP contribution < -0.4 is 0 Å². The van der Waals surface area contributed by atoms with Gasteiger partial charge in [0.25, 0.3) is 0 Å². The lowest BCUT2D eigenvalue weighted by atomic mass is 9.79. The zero-order valence-corrected chi connectivity index (χ0v) is 13.5. The molecule has 0 spiro atoms. The largest absolute Gasteiger partial charge is 0.301 e. The fourth-order valence-electron chi connectivity index (χ4n) is 3.04. The van der Waals surface area contributed by atoms with E-state index in [1.54, 1.807) is 0 Å². The molecule has 0 radical (unpaired) electrons. The number of piperidine rings is 1. The van der Waals surface area contributed by atoms with Crippen LogP contribution in [0, 0.1) is 5.41 Å². The molecule has 0 atom stereocenters. The highest BCUT2D eigenvalue weighted by molar-refractivity contribution is 4.86. The van der Waals surface area contributed by atoms with Crippen molar-refractivity contribution in [1.29, 1.82) is 0 Å². The van der Waals surface area contributed by atoms with Gasteiger partial charge in [0.05, 0.1) is 0 Å². The number of hydrogen-bond acceptors (Lipinski definition) is 2. The number of nitrogens with zero attached hydrogens (tertiary/aromatic N) is 2. The van der Waals surface area contributed by atoms with Gasteiger partial charge in [0, 0.05) is 18.6 Å². The zero-order valence-electron chi connectivity index (χ0n) is 13.5. The first-order valence-electron chi connectivity index (χ1n) is 7.86. The van der Waals surface area contributed by atoms with Gasteiger partial charge in [-0.1, -0.05) is 13.8 Å². The second-order valence-corrected chi connectivity index (χ2v) is 7.00. The van der Waals surface area contributed by atoms with E-state index in [1.165, 1.54) is 45.4 Å². The molecule has 108 valence electrons. The Bertz CT molecular complexity index is 227. The van der Waals surface area contributed by atoms with Gasteiger partial charge in [0.2, 0.25) is 0 Å². The number of likely N-dealkylation sites (tertiary alicyclic amines) is 1.